The molecule has 1 heterocycles. The van der Waals surface area contributed by atoms with Gasteiger partial charge in [-0.25, -0.2) is 0 Å². The number of H-pyrrole nitrogens is 1. The molecule has 2 aromatic rings. The van der Waals surface area contributed by atoms with E-state index in [1.54, 1.807) is 18.2 Å². The average Bonchev–Trinajstić information content (AvgIpc) is 2.68. The number of aromatic amines is 1. The van der Waals surface area contributed by atoms with Crippen molar-refractivity contribution in [2.45, 2.75) is 33.2 Å². The molecule has 1 atom stereocenters. The summed E-state index contributed by atoms with van der Waals surface area (Å²) < 4.78 is 0. The summed E-state index contributed by atoms with van der Waals surface area (Å²) in [5.74, 6) is 0.0907. The lowest BCUT2D eigenvalue weighted by atomic mass is 10.1. The van der Waals surface area contributed by atoms with E-state index in [0.717, 1.165) is 22.5 Å². The molecule has 2 rings (SSSR count). The van der Waals surface area contributed by atoms with Crippen LogP contribution >= 0.6 is 0 Å². The summed E-state index contributed by atoms with van der Waals surface area (Å²) in [6.07, 6.45) is 0.245. The monoisotopic (exact) mass is 273 g/mol. The Hall–Kier alpha value is -2.30. The van der Waals surface area contributed by atoms with E-state index in [2.05, 4.69) is 15.5 Å². The average molecular weight is 273 g/mol. The quantitative estimate of drug-likeness (QED) is 0.798. The fourth-order valence-corrected chi connectivity index (χ4v) is 2.41. The molecule has 0 spiro atoms. The lowest BCUT2D eigenvalue weighted by molar-refractivity contribution is -0.121. The highest BCUT2D eigenvalue weighted by molar-refractivity contribution is 5.79. The van der Waals surface area contributed by atoms with Crippen LogP contribution < -0.4 is 5.32 Å². The minimum atomic E-state index is -0.0986. The van der Waals surface area contributed by atoms with Crippen molar-refractivity contribution in [3.05, 3.63) is 46.8 Å². The fraction of sp³-hybridized carbons (Fsp3) is 0.333. The molecule has 106 valence electrons. The molecule has 5 heteroatoms. The molecule has 0 saturated carbocycles. The molecule has 5 nitrogen and oxygen atoms in total. The van der Waals surface area contributed by atoms with Crippen LogP contribution in [0.3, 0.4) is 0 Å². The smallest absolute Gasteiger partial charge is 0.224 e. The normalized spacial score (nSPS) is 12.2. The van der Waals surface area contributed by atoms with E-state index in [0.29, 0.717) is 0 Å². The number of carbonyl (C=O) groups excluding carboxylic acids is 1. The summed E-state index contributed by atoms with van der Waals surface area (Å²) in [5.41, 5.74) is 3.67. The van der Waals surface area contributed by atoms with Crippen LogP contribution in [-0.4, -0.2) is 21.2 Å². The number of hydrogen-bond acceptors (Lipinski definition) is 3. The third-order valence-corrected chi connectivity index (χ3v) is 3.27. The Bertz CT molecular complexity index is 600. The van der Waals surface area contributed by atoms with Crippen molar-refractivity contribution in [2.24, 2.45) is 0 Å². The first-order valence-corrected chi connectivity index (χ1v) is 6.56. The Labute approximate surface area is 118 Å². The molecule has 1 aromatic carbocycles. The molecule has 0 aliphatic rings. The molecule has 1 aromatic heterocycles. The van der Waals surface area contributed by atoms with Gasteiger partial charge in [0.15, 0.2) is 0 Å². The number of carbonyl (C=O) groups is 1. The van der Waals surface area contributed by atoms with Crippen LogP contribution in [0.15, 0.2) is 24.3 Å². The molecule has 0 saturated heterocycles. The summed E-state index contributed by atoms with van der Waals surface area (Å²) in [4.78, 5) is 12.0. The molecule has 0 unspecified atom stereocenters. The van der Waals surface area contributed by atoms with Crippen molar-refractivity contribution in [1.82, 2.24) is 15.5 Å². The molecule has 0 aliphatic carbocycles. The second kappa shape index (κ2) is 5.77. The third-order valence-electron chi connectivity index (χ3n) is 3.27. The van der Waals surface area contributed by atoms with Crippen LogP contribution in [0.5, 0.6) is 5.75 Å². The number of phenols is 1. The number of amides is 1. The van der Waals surface area contributed by atoms with Crippen molar-refractivity contribution in [3.8, 4) is 5.75 Å². The molecule has 3 N–H and O–H groups in total. The van der Waals surface area contributed by atoms with Gasteiger partial charge < -0.3 is 10.4 Å². The molecular weight excluding hydrogens is 254 g/mol. The minimum absolute atomic E-state index is 0.0805. The third kappa shape index (κ3) is 3.17. The Morgan fingerprint density at radius 1 is 1.45 bits per heavy atom. The topological polar surface area (TPSA) is 78.0 Å². The van der Waals surface area contributed by atoms with Gasteiger partial charge in [0.1, 0.15) is 5.75 Å². The summed E-state index contributed by atoms with van der Waals surface area (Å²) in [7, 11) is 0. The van der Waals surface area contributed by atoms with E-state index in [4.69, 9.17) is 0 Å². The van der Waals surface area contributed by atoms with Crippen molar-refractivity contribution in [2.75, 3.05) is 0 Å². The standard InChI is InChI=1S/C15H19N3O2/c1-9(15-10(2)17-18-11(15)3)16-14(20)8-12-5-4-6-13(19)7-12/h4-7,9,19H,8H2,1-3H3,(H,16,20)(H,17,18)/t9-/m1/s1. The van der Waals surface area contributed by atoms with Crippen LogP contribution in [0.4, 0.5) is 0 Å². The molecule has 1 amide bonds. The maximum atomic E-state index is 12.0. The van der Waals surface area contributed by atoms with Crippen LogP contribution in [0.2, 0.25) is 0 Å². The van der Waals surface area contributed by atoms with E-state index >= 15 is 0 Å². The highest BCUT2D eigenvalue weighted by Gasteiger charge is 2.16. The zero-order chi connectivity index (χ0) is 14.7. The maximum Gasteiger partial charge on any atom is 0.224 e. The summed E-state index contributed by atoms with van der Waals surface area (Å²) in [5, 5.41) is 19.4. The highest BCUT2D eigenvalue weighted by atomic mass is 16.3. The molecule has 0 bridgehead atoms. The van der Waals surface area contributed by atoms with Crippen molar-refractivity contribution in [1.29, 1.82) is 0 Å². The predicted molar refractivity (Wildman–Crippen MR) is 76.4 cm³/mol. The SMILES string of the molecule is Cc1n[nH]c(C)c1[C@@H](C)NC(=O)Cc1cccc(O)c1. The second-order valence-electron chi connectivity index (χ2n) is 4.98. The maximum absolute atomic E-state index is 12.0. The summed E-state index contributed by atoms with van der Waals surface area (Å²) in [6.45, 7) is 5.79. The van der Waals surface area contributed by atoms with Gasteiger partial charge in [-0.3, -0.25) is 9.89 Å². The first-order valence-electron chi connectivity index (χ1n) is 6.56. The predicted octanol–water partition coefficient (Wildman–Crippen LogP) is 2.15. The van der Waals surface area contributed by atoms with Crippen LogP contribution in [0, 0.1) is 13.8 Å². The Kier molecular flexibility index (Phi) is 4.08. The zero-order valence-corrected chi connectivity index (χ0v) is 11.9. The van der Waals surface area contributed by atoms with E-state index in [1.165, 1.54) is 0 Å². The van der Waals surface area contributed by atoms with Gasteiger partial charge in [0.2, 0.25) is 5.91 Å². The van der Waals surface area contributed by atoms with Crippen LogP contribution in [0.25, 0.3) is 0 Å². The number of nitrogens with one attached hydrogen (secondary N) is 2. The summed E-state index contributed by atoms with van der Waals surface area (Å²) in [6, 6.07) is 6.63. The number of hydrogen-bond donors (Lipinski definition) is 3. The van der Waals surface area contributed by atoms with Crippen molar-refractivity contribution < 1.29 is 9.90 Å². The lowest BCUT2D eigenvalue weighted by Gasteiger charge is -2.14. The Balaban J connectivity index is 2.01. The van der Waals surface area contributed by atoms with Crippen molar-refractivity contribution in [3.63, 3.8) is 0 Å². The first-order chi connectivity index (χ1) is 9.47. The molecule has 0 aliphatic heterocycles. The van der Waals surface area contributed by atoms with E-state index in [1.807, 2.05) is 26.8 Å². The molecule has 0 fully saturated rings. The minimum Gasteiger partial charge on any atom is -0.508 e. The number of aromatic hydroxyl groups is 1. The van der Waals surface area contributed by atoms with E-state index in [-0.39, 0.29) is 24.1 Å². The number of aromatic nitrogens is 2. The van der Waals surface area contributed by atoms with Gasteiger partial charge in [0, 0.05) is 11.3 Å². The zero-order valence-electron chi connectivity index (χ0n) is 11.9. The fourth-order valence-electron chi connectivity index (χ4n) is 2.41. The van der Waals surface area contributed by atoms with Gasteiger partial charge in [-0.15, -0.1) is 0 Å². The number of aryl methyl sites for hydroxylation is 2. The number of phenolic OH excluding ortho intramolecular Hbond substituents is 1. The van der Waals surface area contributed by atoms with Crippen LogP contribution in [0.1, 0.15) is 35.5 Å². The number of rotatable bonds is 4. The first kappa shape index (κ1) is 14.1. The lowest BCUT2D eigenvalue weighted by Crippen LogP contribution is -2.28. The van der Waals surface area contributed by atoms with E-state index in [9.17, 15) is 9.90 Å². The van der Waals surface area contributed by atoms with Gasteiger partial charge in [-0.05, 0) is 38.5 Å². The van der Waals surface area contributed by atoms with Gasteiger partial charge in [-0.1, -0.05) is 12.1 Å². The van der Waals surface area contributed by atoms with Crippen LogP contribution in [-0.2, 0) is 11.2 Å². The van der Waals surface area contributed by atoms with Gasteiger partial charge in [0.25, 0.3) is 0 Å². The summed E-state index contributed by atoms with van der Waals surface area (Å²) >= 11 is 0. The van der Waals surface area contributed by atoms with Gasteiger partial charge >= 0.3 is 0 Å². The molecule has 0 radical (unpaired) electrons. The number of benzene rings is 1. The van der Waals surface area contributed by atoms with Gasteiger partial charge in [0.05, 0.1) is 18.2 Å². The van der Waals surface area contributed by atoms with Gasteiger partial charge in [-0.2, -0.15) is 5.10 Å². The molecule has 20 heavy (non-hydrogen) atoms. The Morgan fingerprint density at radius 2 is 2.20 bits per heavy atom. The van der Waals surface area contributed by atoms with Crippen molar-refractivity contribution >= 4 is 5.91 Å². The Morgan fingerprint density at radius 3 is 2.80 bits per heavy atom. The number of nitrogens with zero attached hydrogens (tertiary/aromatic N) is 1. The largest absolute Gasteiger partial charge is 0.508 e. The second-order valence-corrected chi connectivity index (χ2v) is 4.98. The highest BCUT2D eigenvalue weighted by Crippen LogP contribution is 2.19. The van der Waals surface area contributed by atoms with E-state index < -0.39 is 0 Å². The molecular formula is C15H19N3O2.